The molecule has 1 aliphatic carbocycles. The highest BCUT2D eigenvalue weighted by Crippen LogP contribution is 2.41. The van der Waals surface area contributed by atoms with Crippen LogP contribution in [0.4, 0.5) is 0 Å². The molecule has 0 amide bonds. The molecule has 2 aliphatic rings. The summed E-state index contributed by atoms with van der Waals surface area (Å²) in [6.07, 6.45) is 0. The lowest BCUT2D eigenvalue weighted by molar-refractivity contribution is 0.00578. The SMILES string of the molecule is CC(C)(C)c1cc2cc(c1)-c1cc(cc([Si](C)(C)C)c1)-c1cc(B3OC(C)(C)C(C)(C)O3)cc(c1)-c1cc(cc([Si](C)(C)C)c1)-c1cc-2cc(C(C)(C)C)c1. The van der Waals surface area contributed by atoms with E-state index in [0.717, 1.165) is 5.46 Å². The van der Waals surface area contributed by atoms with Gasteiger partial charge in [-0.3, -0.25) is 0 Å². The molecule has 1 heterocycles. The van der Waals surface area contributed by atoms with Crippen LogP contribution in [0, 0.1) is 0 Å². The van der Waals surface area contributed by atoms with Gasteiger partial charge in [-0.1, -0.05) is 152 Å². The zero-order valence-electron chi connectivity index (χ0n) is 36.6. The molecule has 0 atom stereocenters. The Balaban J connectivity index is 1.65. The summed E-state index contributed by atoms with van der Waals surface area (Å²) in [5, 5.41) is 2.91. The maximum absolute atomic E-state index is 6.76. The van der Waals surface area contributed by atoms with Crippen molar-refractivity contribution in [3.63, 3.8) is 0 Å². The van der Waals surface area contributed by atoms with Crippen LogP contribution < -0.4 is 15.8 Å². The van der Waals surface area contributed by atoms with E-state index in [0.29, 0.717) is 0 Å². The topological polar surface area (TPSA) is 18.5 Å². The van der Waals surface area contributed by atoms with Crippen molar-refractivity contribution in [3.05, 3.63) is 102 Å². The summed E-state index contributed by atoms with van der Waals surface area (Å²) >= 11 is 0. The van der Waals surface area contributed by atoms with Crippen molar-refractivity contribution in [1.29, 1.82) is 0 Å². The van der Waals surface area contributed by atoms with Gasteiger partial charge in [0.1, 0.15) is 0 Å². The second-order valence-corrected chi connectivity index (χ2v) is 31.8. The van der Waals surface area contributed by atoms with E-state index in [1.54, 1.807) is 0 Å². The number of hydrogen-bond donors (Lipinski definition) is 0. The van der Waals surface area contributed by atoms with Crippen LogP contribution in [0.3, 0.4) is 0 Å². The van der Waals surface area contributed by atoms with Crippen LogP contribution in [-0.2, 0) is 20.1 Å². The molecule has 55 heavy (non-hydrogen) atoms. The van der Waals surface area contributed by atoms with Gasteiger partial charge in [-0.05, 0) is 141 Å². The highest BCUT2D eigenvalue weighted by atomic mass is 28.3. The quantitative estimate of drug-likeness (QED) is 0.167. The van der Waals surface area contributed by atoms with Gasteiger partial charge >= 0.3 is 7.12 Å². The Morgan fingerprint density at radius 3 is 0.855 bits per heavy atom. The van der Waals surface area contributed by atoms with Gasteiger partial charge in [-0.2, -0.15) is 0 Å². The minimum Gasteiger partial charge on any atom is -0.399 e. The second-order valence-electron chi connectivity index (χ2n) is 21.6. The maximum atomic E-state index is 6.76. The third kappa shape index (κ3) is 7.79. The molecule has 1 aliphatic heterocycles. The molecular formula is C50H63BO2Si2. The predicted molar refractivity (Wildman–Crippen MR) is 246 cm³/mol. The molecule has 0 radical (unpaired) electrons. The first-order valence-corrected chi connectivity index (χ1v) is 27.3. The predicted octanol–water partition coefficient (Wildman–Crippen LogP) is 12.3. The molecule has 2 nitrogen and oxygen atoms in total. The van der Waals surface area contributed by atoms with Crippen molar-refractivity contribution in [3.8, 4) is 55.6 Å². The van der Waals surface area contributed by atoms with Crippen LogP contribution in [0.5, 0.6) is 0 Å². The van der Waals surface area contributed by atoms with Gasteiger partial charge in [0.15, 0.2) is 0 Å². The lowest BCUT2D eigenvalue weighted by Crippen LogP contribution is -2.41. The first-order valence-electron chi connectivity index (χ1n) is 20.3. The maximum Gasteiger partial charge on any atom is 0.494 e. The van der Waals surface area contributed by atoms with Crippen LogP contribution in [-0.4, -0.2) is 34.5 Å². The lowest BCUT2D eigenvalue weighted by Gasteiger charge is -2.32. The van der Waals surface area contributed by atoms with Crippen molar-refractivity contribution < 1.29 is 9.31 Å². The zero-order valence-corrected chi connectivity index (χ0v) is 38.6. The van der Waals surface area contributed by atoms with Crippen LogP contribution in [0.1, 0.15) is 80.4 Å². The Hall–Kier alpha value is -3.48. The van der Waals surface area contributed by atoms with Crippen molar-refractivity contribution in [2.75, 3.05) is 0 Å². The average molecular weight is 763 g/mol. The van der Waals surface area contributed by atoms with Crippen LogP contribution in [0.15, 0.2) is 91.0 Å². The normalized spacial score (nSPS) is 16.5. The summed E-state index contributed by atoms with van der Waals surface area (Å²) in [6.45, 7) is 37.4. The Labute approximate surface area is 335 Å². The largest absolute Gasteiger partial charge is 0.494 e. The molecule has 1 saturated heterocycles. The molecule has 5 aromatic carbocycles. The average Bonchev–Trinajstić information content (AvgIpc) is 3.31. The molecule has 0 N–H and O–H groups in total. The monoisotopic (exact) mass is 762 g/mol. The second kappa shape index (κ2) is 13.0. The molecule has 1 fully saturated rings. The van der Waals surface area contributed by atoms with E-state index in [1.807, 2.05) is 0 Å². The number of fused-ring (bicyclic) bond motifs is 15. The summed E-state index contributed by atoms with van der Waals surface area (Å²) in [5.41, 5.74) is 15.3. The Bertz CT molecular complexity index is 2160. The van der Waals surface area contributed by atoms with E-state index in [-0.39, 0.29) is 10.8 Å². The summed E-state index contributed by atoms with van der Waals surface area (Å²) in [4.78, 5) is 0. The van der Waals surface area contributed by atoms with Gasteiger partial charge in [-0.15, -0.1) is 0 Å². The Morgan fingerprint density at radius 2 is 0.618 bits per heavy atom. The van der Waals surface area contributed by atoms with E-state index in [2.05, 4.69) is 200 Å². The number of rotatable bonds is 3. The van der Waals surface area contributed by atoms with Gasteiger partial charge in [0.25, 0.3) is 0 Å². The van der Waals surface area contributed by atoms with Crippen LogP contribution >= 0.6 is 0 Å². The van der Waals surface area contributed by atoms with E-state index >= 15 is 0 Å². The fraction of sp³-hybridized carbons (Fsp3) is 0.400. The zero-order chi connectivity index (χ0) is 40.3. The van der Waals surface area contributed by atoms with Crippen molar-refractivity contribution in [2.45, 2.75) is 131 Å². The smallest absolute Gasteiger partial charge is 0.399 e. The third-order valence-electron chi connectivity index (χ3n) is 12.3. The van der Waals surface area contributed by atoms with Gasteiger partial charge in [-0.25, -0.2) is 0 Å². The van der Waals surface area contributed by atoms with E-state index in [1.165, 1.54) is 77.1 Å². The van der Waals surface area contributed by atoms with E-state index < -0.39 is 34.5 Å². The first kappa shape index (κ1) is 39.7. The van der Waals surface area contributed by atoms with Crippen LogP contribution in [0.25, 0.3) is 55.6 Å². The summed E-state index contributed by atoms with van der Waals surface area (Å²) in [6, 6.07) is 36.5. The molecule has 0 unspecified atom stereocenters. The molecule has 286 valence electrons. The molecular weight excluding hydrogens is 700 g/mol. The molecule has 5 heteroatoms. The molecule has 0 aromatic heterocycles. The molecule has 7 rings (SSSR count). The fourth-order valence-corrected chi connectivity index (χ4v) is 10.0. The molecule has 0 saturated carbocycles. The third-order valence-corrected chi connectivity index (χ3v) is 16.4. The van der Waals surface area contributed by atoms with Gasteiger partial charge < -0.3 is 9.31 Å². The minimum atomic E-state index is -1.74. The Morgan fingerprint density at radius 1 is 0.382 bits per heavy atom. The van der Waals surface area contributed by atoms with Gasteiger partial charge in [0.05, 0.1) is 27.3 Å². The van der Waals surface area contributed by atoms with Crippen molar-refractivity contribution >= 4 is 39.1 Å². The number of benzene rings is 5. The summed E-state index contributed by atoms with van der Waals surface area (Å²) < 4.78 is 13.5. The fourth-order valence-electron chi connectivity index (χ4n) is 7.68. The van der Waals surface area contributed by atoms with Crippen molar-refractivity contribution in [2.24, 2.45) is 0 Å². The van der Waals surface area contributed by atoms with Crippen LogP contribution in [0.2, 0.25) is 39.3 Å². The lowest BCUT2D eigenvalue weighted by atomic mass is 9.76. The molecule has 5 aromatic rings. The Kier molecular flexibility index (Phi) is 9.41. The molecule has 0 spiro atoms. The highest BCUT2D eigenvalue weighted by molar-refractivity contribution is 6.89. The van der Waals surface area contributed by atoms with E-state index in [4.69, 9.17) is 9.31 Å². The number of hydrogen-bond acceptors (Lipinski definition) is 2. The van der Waals surface area contributed by atoms with Gasteiger partial charge in [0.2, 0.25) is 0 Å². The first-order chi connectivity index (χ1) is 25.2. The highest BCUT2D eigenvalue weighted by Gasteiger charge is 2.52. The molecule has 10 bridgehead atoms. The summed E-state index contributed by atoms with van der Waals surface area (Å²) in [5.74, 6) is 0. The summed E-state index contributed by atoms with van der Waals surface area (Å²) in [7, 11) is -3.95. The van der Waals surface area contributed by atoms with Crippen molar-refractivity contribution in [1.82, 2.24) is 0 Å². The van der Waals surface area contributed by atoms with Gasteiger partial charge in [0, 0.05) is 0 Å². The standard InChI is InChI=1S/C50H63BO2Si2/c1-47(2,3)42-22-32-17-34(24-42)38-20-40(30-45(28-38)54(11,12)13)36-19-37(27-44(26-36)51-52-49(7,8)50(9,10)53-51)41-21-39(29-46(31-41)55(14,15)16)35-18-33(32)23-43(25-35)48(4,5)6/h17-31H,1-16H3. The van der Waals surface area contributed by atoms with E-state index in [9.17, 15) is 0 Å². The minimum absolute atomic E-state index is 0.0238.